The maximum Gasteiger partial charge on any atom is 0.0334 e. The molecule has 19 heavy (non-hydrogen) atoms. The third-order valence-corrected chi connectivity index (χ3v) is 5.78. The summed E-state index contributed by atoms with van der Waals surface area (Å²) >= 11 is 0. The molecule has 2 nitrogen and oxygen atoms in total. The van der Waals surface area contributed by atoms with Crippen LogP contribution in [0.5, 0.6) is 0 Å². The van der Waals surface area contributed by atoms with E-state index in [0.29, 0.717) is 5.54 Å². The van der Waals surface area contributed by atoms with Gasteiger partial charge in [-0.15, -0.1) is 0 Å². The Kier molecular flexibility index (Phi) is 5.70. The average molecular weight is 266 g/mol. The van der Waals surface area contributed by atoms with Crippen molar-refractivity contribution in [3.8, 4) is 0 Å². The van der Waals surface area contributed by atoms with Crippen LogP contribution in [0.15, 0.2) is 0 Å². The lowest BCUT2D eigenvalue weighted by atomic mass is 9.85. The fourth-order valence-corrected chi connectivity index (χ4v) is 4.40. The molecular weight excluding hydrogens is 232 g/mol. The van der Waals surface area contributed by atoms with E-state index in [-0.39, 0.29) is 0 Å². The average Bonchev–Trinajstić information content (AvgIpc) is 2.77. The van der Waals surface area contributed by atoms with E-state index in [1.54, 1.807) is 0 Å². The van der Waals surface area contributed by atoms with Gasteiger partial charge in [0.15, 0.2) is 0 Å². The maximum atomic E-state index is 6.31. The van der Waals surface area contributed by atoms with Crippen molar-refractivity contribution in [2.45, 2.75) is 89.6 Å². The van der Waals surface area contributed by atoms with Crippen molar-refractivity contribution in [1.29, 1.82) is 0 Å². The zero-order valence-corrected chi connectivity index (χ0v) is 13.2. The second-order valence-corrected chi connectivity index (χ2v) is 7.07. The van der Waals surface area contributed by atoms with Crippen LogP contribution in [0.25, 0.3) is 0 Å². The Balaban J connectivity index is 2.16. The second kappa shape index (κ2) is 7.08. The molecule has 0 aromatic carbocycles. The molecule has 2 fully saturated rings. The van der Waals surface area contributed by atoms with E-state index < -0.39 is 0 Å². The van der Waals surface area contributed by atoms with Gasteiger partial charge in [-0.2, -0.15) is 0 Å². The Morgan fingerprint density at radius 2 is 1.89 bits per heavy atom. The first kappa shape index (κ1) is 15.3. The van der Waals surface area contributed by atoms with E-state index in [9.17, 15) is 0 Å². The predicted octanol–water partition coefficient (Wildman–Crippen LogP) is 3.94. The van der Waals surface area contributed by atoms with Crippen LogP contribution >= 0.6 is 0 Å². The van der Waals surface area contributed by atoms with E-state index >= 15 is 0 Å². The highest BCUT2D eigenvalue weighted by Crippen LogP contribution is 2.37. The molecule has 0 spiro atoms. The molecule has 3 unspecified atom stereocenters. The Morgan fingerprint density at radius 1 is 1.05 bits per heavy atom. The summed E-state index contributed by atoms with van der Waals surface area (Å²) in [6, 6.07) is 0.791. The molecule has 0 aromatic rings. The molecule has 0 aromatic heterocycles. The van der Waals surface area contributed by atoms with Crippen molar-refractivity contribution >= 4 is 0 Å². The minimum absolute atomic E-state index is 0.329. The molecule has 1 heterocycles. The number of hydrogen-bond acceptors (Lipinski definition) is 2. The van der Waals surface area contributed by atoms with E-state index in [0.717, 1.165) is 18.5 Å². The SMILES string of the molecule is CCC1CCCCCN1C1(CN)CCCC(C)CC1. The molecule has 3 atom stereocenters. The zero-order chi connectivity index (χ0) is 13.7. The van der Waals surface area contributed by atoms with E-state index in [4.69, 9.17) is 5.73 Å². The third kappa shape index (κ3) is 3.52. The fourth-order valence-electron chi connectivity index (χ4n) is 4.40. The van der Waals surface area contributed by atoms with Crippen LogP contribution in [-0.4, -0.2) is 29.6 Å². The summed E-state index contributed by atoms with van der Waals surface area (Å²) < 4.78 is 0. The predicted molar refractivity (Wildman–Crippen MR) is 83.3 cm³/mol. The molecule has 0 bridgehead atoms. The van der Waals surface area contributed by atoms with Crippen molar-refractivity contribution in [2.24, 2.45) is 11.7 Å². The normalized spacial score (nSPS) is 38.7. The van der Waals surface area contributed by atoms with Crippen LogP contribution in [-0.2, 0) is 0 Å². The first-order valence-electron chi connectivity index (χ1n) is 8.68. The summed E-state index contributed by atoms with van der Waals surface area (Å²) in [5.41, 5.74) is 6.64. The number of rotatable bonds is 3. The fraction of sp³-hybridized carbons (Fsp3) is 1.00. The summed E-state index contributed by atoms with van der Waals surface area (Å²) in [6.45, 7) is 6.96. The molecule has 112 valence electrons. The van der Waals surface area contributed by atoms with E-state index in [1.165, 1.54) is 70.8 Å². The Hall–Kier alpha value is -0.0800. The molecule has 1 aliphatic carbocycles. The lowest BCUT2D eigenvalue weighted by Gasteiger charge is -2.47. The lowest BCUT2D eigenvalue weighted by molar-refractivity contribution is 0.0344. The highest BCUT2D eigenvalue weighted by Gasteiger charge is 2.39. The summed E-state index contributed by atoms with van der Waals surface area (Å²) in [6.07, 6.45) is 13.8. The Bertz CT molecular complexity index is 266. The maximum absolute atomic E-state index is 6.31. The summed E-state index contributed by atoms with van der Waals surface area (Å²) in [5, 5.41) is 0. The van der Waals surface area contributed by atoms with Crippen molar-refractivity contribution in [3.05, 3.63) is 0 Å². The van der Waals surface area contributed by atoms with Gasteiger partial charge in [0.2, 0.25) is 0 Å². The smallest absolute Gasteiger partial charge is 0.0334 e. The quantitative estimate of drug-likeness (QED) is 0.784. The minimum Gasteiger partial charge on any atom is -0.329 e. The van der Waals surface area contributed by atoms with Crippen LogP contribution in [0.1, 0.15) is 78.1 Å². The van der Waals surface area contributed by atoms with Crippen LogP contribution in [0, 0.1) is 5.92 Å². The Labute approximate surface area is 120 Å². The summed E-state index contributed by atoms with van der Waals surface area (Å²) in [7, 11) is 0. The zero-order valence-electron chi connectivity index (χ0n) is 13.2. The molecule has 0 radical (unpaired) electrons. The van der Waals surface area contributed by atoms with Gasteiger partial charge >= 0.3 is 0 Å². The first-order valence-corrected chi connectivity index (χ1v) is 8.68. The van der Waals surface area contributed by atoms with Crippen LogP contribution in [0.3, 0.4) is 0 Å². The van der Waals surface area contributed by atoms with Gasteiger partial charge in [0.1, 0.15) is 0 Å². The molecule has 1 saturated carbocycles. The standard InChI is InChI=1S/C17H34N2/c1-3-16-9-5-4-6-13-19(16)17(14-18)11-7-8-15(2)10-12-17/h15-16H,3-14,18H2,1-2H3. The monoisotopic (exact) mass is 266 g/mol. The molecule has 1 aliphatic heterocycles. The molecule has 1 saturated heterocycles. The van der Waals surface area contributed by atoms with Crippen LogP contribution in [0.2, 0.25) is 0 Å². The highest BCUT2D eigenvalue weighted by molar-refractivity contribution is 4.97. The number of nitrogens with zero attached hydrogens (tertiary/aromatic N) is 1. The van der Waals surface area contributed by atoms with Gasteiger partial charge in [-0.1, -0.05) is 39.5 Å². The van der Waals surface area contributed by atoms with E-state index in [2.05, 4.69) is 18.7 Å². The summed E-state index contributed by atoms with van der Waals surface area (Å²) in [4.78, 5) is 2.86. The van der Waals surface area contributed by atoms with Gasteiger partial charge in [0.05, 0.1) is 0 Å². The molecule has 2 heteroatoms. The summed E-state index contributed by atoms with van der Waals surface area (Å²) in [5.74, 6) is 0.903. The molecule has 2 aliphatic rings. The van der Waals surface area contributed by atoms with Gasteiger partial charge in [-0.05, 0) is 51.0 Å². The lowest BCUT2D eigenvalue weighted by Crippen LogP contribution is -2.57. The van der Waals surface area contributed by atoms with Crippen molar-refractivity contribution < 1.29 is 0 Å². The third-order valence-electron chi connectivity index (χ3n) is 5.78. The Morgan fingerprint density at radius 3 is 2.63 bits per heavy atom. The molecule has 2 rings (SSSR count). The molecule has 0 amide bonds. The van der Waals surface area contributed by atoms with Crippen molar-refractivity contribution in [2.75, 3.05) is 13.1 Å². The van der Waals surface area contributed by atoms with Gasteiger partial charge in [0.25, 0.3) is 0 Å². The number of nitrogens with two attached hydrogens (primary N) is 1. The minimum atomic E-state index is 0.329. The highest BCUT2D eigenvalue weighted by atomic mass is 15.2. The van der Waals surface area contributed by atoms with E-state index in [1.807, 2.05) is 0 Å². The second-order valence-electron chi connectivity index (χ2n) is 7.07. The van der Waals surface area contributed by atoms with Crippen LogP contribution < -0.4 is 5.73 Å². The first-order chi connectivity index (χ1) is 9.22. The van der Waals surface area contributed by atoms with Gasteiger partial charge in [-0.25, -0.2) is 0 Å². The topological polar surface area (TPSA) is 29.3 Å². The number of hydrogen-bond donors (Lipinski definition) is 1. The number of likely N-dealkylation sites (tertiary alicyclic amines) is 1. The van der Waals surface area contributed by atoms with Gasteiger partial charge < -0.3 is 5.73 Å². The molecule has 2 N–H and O–H groups in total. The molecular formula is C17H34N2. The van der Waals surface area contributed by atoms with Gasteiger partial charge in [-0.3, -0.25) is 4.90 Å². The van der Waals surface area contributed by atoms with Gasteiger partial charge in [0, 0.05) is 18.1 Å². The van der Waals surface area contributed by atoms with Crippen molar-refractivity contribution in [3.63, 3.8) is 0 Å². The van der Waals surface area contributed by atoms with Crippen molar-refractivity contribution in [1.82, 2.24) is 4.90 Å². The largest absolute Gasteiger partial charge is 0.329 e. The van der Waals surface area contributed by atoms with Crippen LogP contribution in [0.4, 0.5) is 0 Å².